The van der Waals surface area contributed by atoms with Crippen molar-refractivity contribution >= 4 is 35.0 Å². The van der Waals surface area contributed by atoms with Gasteiger partial charge in [0.25, 0.3) is 0 Å². The van der Waals surface area contributed by atoms with E-state index in [2.05, 4.69) is 22.4 Å². The Balaban J connectivity index is 1.65. The smallest absolute Gasteiger partial charge is 0.305 e. The van der Waals surface area contributed by atoms with Crippen LogP contribution in [0.25, 0.3) is 0 Å². The van der Waals surface area contributed by atoms with Crippen molar-refractivity contribution in [1.82, 2.24) is 5.32 Å². The molecule has 162 valence electrons. The number of hydrogen-bond donors (Lipinski definition) is 2. The van der Waals surface area contributed by atoms with Crippen molar-refractivity contribution in [3.8, 4) is 11.5 Å². The molecule has 0 spiro atoms. The summed E-state index contributed by atoms with van der Waals surface area (Å²) in [7, 11) is 1.60. The topological polar surface area (TPSA) is 110 Å². The van der Waals surface area contributed by atoms with Crippen molar-refractivity contribution < 1.29 is 24.2 Å². The SMILES string of the molecule is CCc1ccc(OCc2cc(C=NN=C3NC(=O)C(CC(=O)O)S3)ccc2OC)cc1. The number of aryl methyl sites for hydroxylation is 1. The molecule has 1 amide bonds. The summed E-state index contributed by atoms with van der Waals surface area (Å²) < 4.78 is 11.3. The number of ether oxygens (including phenoxy) is 2. The molecule has 2 aromatic carbocycles. The summed E-state index contributed by atoms with van der Waals surface area (Å²) in [6.07, 6.45) is 2.26. The van der Waals surface area contributed by atoms with E-state index in [1.807, 2.05) is 42.5 Å². The first-order chi connectivity index (χ1) is 15.0. The fourth-order valence-electron chi connectivity index (χ4n) is 2.87. The Kier molecular flexibility index (Phi) is 7.66. The number of carbonyl (C=O) groups is 2. The fourth-order valence-corrected chi connectivity index (χ4v) is 3.78. The molecule has 3 rings (SSSR count). The Morgan fingerprint density at radius 3 is 2.71 bits per heavy atom. The Labute approximate surface area is 184 Å². The van der Waals surface area contributed by atoms with Crippen LogP contribution in [0.1, 0.15) is 30.0 Å². The van der Waals surface area contributed by atoms with E-state index in [0.29, 0.717) is 12.4 Å². The number of rotatable bonds is 9. The van der Waals surface area contributed by atoms with Gasteiger partial charge in [0.1, 0.15) is 23.4 Å². The highest BCUT2D eigenvalue weighted by Gasteiger charge is 2.32. The first kappa shape index (κ1) is 22.4. The summed E-state index contributed by atoms with van der Waals surface area (Å²) in [5.41, 5.74) is 2.88. The molecule has 31 heavy (non-hydrogen) atoms. The molecular weight excluding hydrogens is 418 g/mol. The number of carbonyl (C=O) groups excluding carboxylic acids is 1. The molecule has 9 heteroatoms. The second-order valence-electron chi connectivity index (χ2n) is 6.70. The fraction of sp³-hybridized carbons (Fsp3) is 0.273. The number of carboxylic acids is 1. The van der Waals surface area contributed by atoms with Gasteiger partial charge in [-0.25, -0.2) is 0 Å². The third-order valence-corrected chi connectivity index (χ3v) is 5.59. The molecule has 0 bridgehead atoms. The molecule has 1 fully saturated rings. The maximum atomic E-state index is 11.7. The van der Waals surface area contributed by atoms with Crippen LogP contribution >= 0.6 is 11.8 Å². The average Bonchev–Trinajstić information content (AvgIpc) is 3.11. The Bertz CT molecular complexity index is 1000. The van der Waals surface area contributed by atoms with Crippen LogP contribution < -0.4 is 14.8 Å². The maximum Gasteiger partial charge on any atom is 0.305 e. The quantitative estimate of drug-likeness (QED) is 0.457. The lowest BCUT2D eigenvalue weighted by atomic mass is 10.1. The van der Waals surface area contributed by atoms with Crippen molar-refractivity contribution in [2.45, 2.75) is 31.6 Å². The largest absolute Gasteiger partial charge is 0.496 e. The summed E-state index contributed by atoms with van der Waals surface area (Å²) in [5, 5.41) is 18.9. The Hall–Kier alpha value is -3.33. The molecule has 1 aliphatic rings. The van der Waals surface area contributed by atoms with Gasteiger partial charge in [-0.2, -0.15) is 5.10 Å². The number of aliphatic carboxylic acids is 1. The highest BCUT2D eigenvalue weighted by atomic mass is 32.2. The molecule has 0 aromatic heterocycles. The number of nitrogens with one attached hydrogen (secondary N) is 1. The van der Waals surface area contributed by atoms with Gasteiger partial charge >= 0.3 is 5.97 Å². The lowest BCUT2D eigenvalue weighted by molar-refractivity contribution is -0.138. The van der Waals surface area contributed by atoms with Crippen LogP contribution in [0.2, 0.25) is 0 Å². The standard InChI is InChI=1S/C22H23N3O5S/c1-3-14-4-7-17(8-5-14)30-13-16-10-15(6-9-18(16)29-2)12-23-25-22-24-21(28)19(31-22)11-20(26)27/h4-10,12,19H,3,11,13H2,1-2H3,(H,26,27)(H,24,25,28). The number of nitrogens with zero attached hydrogens (tertiary/aromatic N) is 2. The van der Waals surface area contributed by atoms with Crippen LogP contribution in [0, 0.1) is 0 Å². The normalized spacial score (nSPS) is 17.2. The van der Waals surface area contributed by atoms with Crippen molar-refractivity contribution in [2.24, 2.45) is 10.2 Å². The van der Waals surface area contributed by atoms with E-state index in [4.69, 9.17) is 14.6 Å². The molecule has 1 saturated heterocycles. The molecule has 2 aromatic rings. The second kappa shape index (κ2) is 10.6. The van der Waals surface area contributed by atoms with E-state index in [0.717, 1.165) is 35.1 Å². The second-order valence-corrected chi connectivity index (χ2v) is 7.89. The maximum absolute atomic E-state index is 11.7. The molecule has 1 heterocycles. The lowest BCUT2D eigenvalue weighted by Crippen LogP contribution is -2.26. The zero-order chi connectivity index (χ0) is 22.2. The predicted octanol–water partition coefficient (Wildman–Crippen LogP) is 3.23. The molecule has 1 unspecified atom stereocenters. The number of benzene rings is 2. The van der Waals surface area contributed by atoms with Gasteiger partial charge in [0, 0.05) is 5.56 Å². The number of thioether (sulfide) groups is 1. The van der Waals surface area contributed by atoms with Crippen molar-refractivity contribution in [3.63, 3.8) is 0 Å². The van der Waals surface area contributed by atoms with Crippen LogP contribution in [-0.2, 0) is 22.6 Å². The van der Waals surface area contributed by atoms with Crippen LogP contribution in [0.3, 0.4) is 0 Å². The van der Waals surface area contributed by atoms with Gasteiger partial charge in [-0.3, -0.25) is 9.59 Å². The van der Waals surface area contributed by atoms with E-state index >= 15 is 0 Å². The number of methoxy groups -OCH3 is 1. The van der Waals surface area contributed by atoms with Crippen LogP contribution in [0.15, 0.2) is 52.7 Å². The van der Waals surface area contributed by atoms with Crippen LogP contribution in [-0.4, -0.2) is 40.7 Å². The number of amidine groups is 1. The number of carboxylic acid groups (broad SMARTS) is 1. The van der Waals surface area contributed by atoms with Crippen LogP contribution in [0.4, 0.5) is 0 Å². The Morgan fingerprint density at radius 2 is 2.03 bits per heavy atom. The van der Waals surface area contributed by atoms with Gasteiger partial charge in [0.2, 0.25) is 5.91 Å². The van der Waals surface area contributed by atoms with Crippen molar-refractivity contribution in [1.29, 1.82) is 0 Å². The summed E-state index contributed by atoms with van der Waals surface area (Å²) in [5.74, 6) is 0.0577. The molecule has 2 N–H and O–H groups in total. The minimum Gasteiger partial charge on any atom is -0.496 e. The Morgan fingerprint density at radius 1 is 1.26 bits per heavy atom. The highest BCUT2D eigenvalue weighted by molar-refractivity contribution is 8.15. The molecule has 0 saturated carbocycles. The number of hydrogen-bond acceptors (Lipinski definition) is 7. The van der Waals surface area contributed by atoms with Gasteiger partial charge in [0.15, 0.2) is 5.17 Å². The molecular formula is C22H23N3O5S. The monoisotopic (exact) mass is 441 g/mol. The summed E-state index contributed by atoms with van der Waals surface area (Å²) in [6, 6.07) is 13.5. The third-order valence-electron chi connectivity index (χ3n) is 4.52. The minimum absolute atomic E-state index is 0.262. The summed E-state index contributed by atoms with van der Waals surface area (Å²) >= 11 is 1.05. The van der Waals surface area contributed by atoms with Gasteiger partial charge in [-0.1, -0.05) is 30.8 Å². The van der Waals surface area contributed by atoms with Gasteiger partial charge in [-0.15, -0.1) is 5.10 Å². The first-order valence-electron chi connectivity index (χ1n) is 9.67. The van der Waals surface area contributed by atoms with Gasteiger partial charge in [0.05, 0.1) is 19.7 Å². The highest BCUT2D eigenvalue weighted by Crippen LogP contribution is 2.23. The first-order valence-corrected chi connectivity index (χ1v) is 10.6. The molecule has 0 radical (unpaired) electrons. The van der Waals surface area contributed by atoms with E-state index in [1.54, 1.807) is 13.3 Å². The molecule has 1 atom stereocenters. The predicted molar refractivity (Wildman–Crippen MR) is 120 cm³/mol. The van der Waals surface area contributed by atoms with Gasteiger partial charge in [-0.05, 0) is 47.9 Å². The average molecular weight is 442 g/mol. The minimum atomic E-state index is -1.04. The lowest BCUT2D eigenvalue weighted by Gasteiger charge is -2.11. The molecule has 0 aliphatic carbocycles. The van der Waals surface area contributed by atoms with Gasteiger partial charge < -0.3 is 19.9 Å². The zero-order valence-electron chi connectivity index (χ0n) is 17.2. The van der Waals surface area contributed by atoms with E-state index < -0.39 is 11.2 Å². The van der Waals surface area contributed by atoms with E-state index in [-0.39, 0.29) is 17.5 Å². The van der Waals surface area contributed by atoms with Crippen LogP contribution in [0.5, 0.6) is 11.5 Å². The third kappa shape index (κ3) is 6.32. The summed E-state index contributed by atoms with van der Waals surface area (Å²) in [4.78, 5) is 22.5. The summed E-state index contributed by atoms with van der Waals surface area (Å²) in [6.45, 7) is 2.43. The van der Waals surface area contributed by atoms with Crippen molar-refractivity contribution in [3.05, 3.63) is 59.2 Å². The van der Waals surface area contributed by atoms with E-state index in [1.165, 1.54) is 5.56 Å². The van der Waals surface area contributed by atoms with E-state index in [9.17, 15) is 9.59 Å². The zero-order valence-corrected chi connectivity index (χ0v) is 18.0. The molecule has 1 aliphatic heterocycles. The van der Waals surface area contributed by atoms with Crippen molar-refractivity contribution in [2.75, 3.05) is 7.11 Å². The molecule has 8 nitrogen and oxygen atoms in total. The number of amides is 1.